The Balaban J connectivity index is 1.74. The third kappa shape index (κ3) is 4.02. The molecule has 0 aliphatic carbocycles. The Hall–Kier alpha value is -3.52. The summed E-state index contributed by atoms with van der Waals surface area (Å²) in [5.41, 5.74) is 0.378. The number of para-hydroxylation sites is 1. The number of methoxy groups -OCH3 is 1. The van der Waals surface area contributed by atoms with Crippen molar-refractivity contribution in [3.8, 4) is 5.75 Å². The van der Waals surface area contributed by atoms with Gasteiger partial charge in [-0.25, -0.2) is 0 Å². The van der Waals surface area contributed by atoms with Gasteiger partial charge in [-0.15, -0.1) is 0 Å². The minimum absolute atomic E-state index is 0.0164. The minimum atomic E-state index is -0.843. The van der Waals surface area contributed by atoms with Crippen molar-refractivity contribution >= 4 is 22.7 Å². The van der Waals surface area contributed by atoms with Crippen LogP contribution in [0, 0.1) is 6.92 Å². The molecule has 1 aromatic carbocycles. The molecule has 3 heterocycles. The number of rotatable bonds is 9. The first kappa shape index (κ1) is 22.7. The quantitative estimate of drug-likeness (QED) is 0.485. The lowest BCUT2D eigenvalue weighted by molar-refractivity contribution is -0.129. The van der Waals surface area contributed by atoms with Gasteiger partial charge in [0.1, 0.15) is 17.6 Å². The maximum absolute atomic E-state index is 13.6. The number of Topliss-reactive ketones (excluding diaryl/α,β-unsaturated/α-hetero) is 1. The molecule has 3 aromatic rings. The summed E-state index contributed by atoms with van der Waals surface area (Å²) in [5.74, 6) is -0.170. The number of aliphatic hydroxyl groups is 1. The lowest BCUT2D eigenvalue weighted by Gasteiger charge is -2.27. The number of hydrogen-bond donors (Lipinski definition) is 1. The number of furan rings is 2. The minimum Gasteiger partial charge on any atom is -0.503 e. The first-order valence-electron chi connectivity index (χ1n) is 11.0. The number of carbonyl (C=O) groups is 2. The van der Waals surface area contributed by atoms with Crippen LogP contribution in [0.2, 0.25) is 0 Å². The van der Waals surface area contributed by atoms with Crippen LogP contribution in [-0.2, 0) is 4.79 Å². The molecule has 8 nitrogen and oxygen atoms in total. The fourth-order valence-corrected chi connectivity index (χ4v) is 4.24. The molecule has 1 atom stereocenters. The monoisotopic (exact) mass is 452 g/mol. The third-order valence-corrected chi connectivity index (χ3v) is 6.08. The highest BCUT2D eigenvalue weighted by Crippen LogP contribution is 2.40. The molecule has 0 saturated carbocycles. The molecule has 0 radical (unpaired) electrons. The summed E-state index contributed by atoms with van der Waals surface area (Å²) in [7, 11) is 1.52. The van der Waals surface area contributed by atoms with E-state index in [9.17, 15) is 14.7 Å². The summed E-state index contributed by atoms with van der Waals surface area (Å²) in [6.45, 7) is 8.47. The van der Waals surface area contributed by atoms with Gasteiger partial charge >= 0.3 is 0 Å². The van der Waals surface area contributed by atoms with E-state index in [0.717, 1.165) is 13.1 Å². The van der Waals surface area contributed by atoms with Crippen LogP contribution in [0.15, 0.2) is 56.6 Å². The van der Waals surface area contributed by atoms with E-state index in [4.69, 9.17) is 13.6 Å². The SMILES string of the molecule is CCN(CC)CCN1C(=O)C(O)=C(C(=O)c2cc3cccc(OC)c3o2)[C@H]1c1ccc(C)o1. The summed E-state index contributed by atoms with van der Waals surface area (Å²) in [5, 5.41) is 11.5. The zero-order valence-corrected chi connectivity index (χ0v) is 19.3. The Kier molecular flexibility index (Phi) is 6.29. The van der Waals surface area contributed by atoms with E-state index in [1.807, 2.05) is 13.8 Å². The van der Waals surface area contributed by atoms with Gasteiger partial charge in [0.2, 0.25) is 5.78 Å². The van der Waals surface area contributed by atoms with Crippen molar-refractivity contribution in [3.63, 3.8) is 0 Å². The Labute approximate surface area is 192 Å². The van der Waals surface area contributed by atoms with Crippen LogP contribution in [-0.4, -0.2) is 59.9 Å². The van der Waals surface area contributed by atoms with Crippen molar-refractivity contribution in [2.45, 2.75) is 26.8 Å². The van der Waals surface area contributed by atoms with Gasteiger partial charge in [-0.05, 0) is 44.3 Å². The average Bonchev–Trinajstić information content (AvgIpc) is 3.51. The summed E-state index contributed by atoms with van der Waals surface area (Å²) in [4.78, 5) is 30.3. The molecular formula is C25H28N2O6. The highest BCUT2D eigenvalue weighted by atomic mass is 16.5. The lowest BCUT2D eigenvalue weighted by Crippen LogP contribution is -2.38. The second-order valence-corrected chi connectivity index (χ2v) is 7.96. The topological polar surface area (TPSA) is 96.4 Å². The number of ketones is 1. The molecule has 0 bridgehead atoms. The molecule has 2 aromatic heterocycles. The molecule has 1 aliphatic rings. The lowest BCUT2D eigenvalue weighted by atomic mass is 9.99. The van der Waals surface area contributed by atoms with Gasteiger partial charge in [-0.2, -0.15) is 0 Å². The normalized spacial score (nSPS) is 16.5. The van der Waals surface area contributed by atoms with E-state index in [1.165, 1.54) is 12.0 Å². The number of nitrogens with zero attached hydrogens (tertiary/aromatic N) is 2. The second kappa shape index (κ2) is 9.15. The summed E-state index contributed by atoms with van der Waals surface area (Å²) >= 11 is 0. The predicted octanol–water partition coefficient (Wildman–Crippen LogP) is 4.26. The standard InChI is InChI=1S/C25H28N2O6/c1-5-26(6-2)12-13-27-21(17-11-10-15(3)32-17)20(23(29)25(27)30)22(28)19-14-16-8-7-9-18(31-4)24(16)33-19/h7-11,14,21,29H,5-6,12-13H2,1-4H3/t21-/m1/s1. The van der Waals surface area contributed by atoms with Gasteiger partial charge < -0.3 is 28.5 Å². The maximum atomic E-state index is 13.6. The third-order valence-electron chi connectivity index (χ3n) is 6.08. The number of carbonyl (C=O) groups excluding carboxylic acids is 2. The average molecular weight is 453 g/mol. The smallest absolute Gasteiger partial charge is 0.290 e. The molecule has 1 amide bonds. The zero-order valence-electron chi connectivity index (χ0n) is 19.3. The van der Waals surface area contributed by atoms with E-state index in [1.54, 1.807) is 43.3 Å². The Morgan fingerprint density at radius 1 is 1.18 bits per heavy atom. The van der Waals surface area contributed by atoms with Gasteiger partial charge in [0.15, 0.2) is 22.9 Å². The molecule has 0 unspecified atom stereocenters. The van der Waals surface area contributed by atoms with E-state index < -0.39 is 23.5 Å². The van der Waals surface area contributed by atoms with Gasteiger partial charge in [-0.1, -0.05) is 26.0 Å². The molecule has 8 heteroatoms. The number of fused-ring (bicyclic) bond motifs is 1. The Bertz CT molecular complexity index is 1220. The first-order valence-corrected chi connectivity index (χ1v) is 11.0. The number of benzene rings is 1. The van der Waals surface area contributed by atoms with Crippen molar-refractivity contribution in [1.82, 2.24) is 9.80 Å². The van der Waals surface area contributed by atoms with Gasteiger partial charge in [0, 0.05) is 18.5 Å². The molecule has 174 valence electrons. The van der Waals surface area contributed by atoms with Crippen LogP contribution >= 0.6 is 0 Å². The molecule has 1 N–H and O–H groups in total. The van der Waals surface area contributed by atoms with E-state index in [2.05, 4.69) is 4.90 Å². The Morgan fingerprint density at radius 3 is 2.58 bits per heavy atom. The molecule has 0 saturated heterocycles. The largest absolute Gasteiger partial charge is 0.503 e. The predicted molar refractivity (Wildman–Crippen MR) is 122 cm³/mol. The molecule has 0 spiro atoms. The van der Waals surface area contributed by atoms with Crippen molar-refractivity contribution in [1.29, 1.82) is 0 Å². The molecule has 1 aliphatic heterocycles. The van der Waals surface area contributed by atoms with Gasteiger partial charge in [0.05, 0.1) is 12.7 Å². The number of aliphatic hydroxyl groups excluding tert-OH is 1. The molecule has 33 heavy (non-hydrogen) atoms. The number of amides is 1. The fourth-order valence-electron chi connectivity index (χ4n) is 4.24. The fraction of sp³-hybridized carbons (Fsp3) is 0.360. The highest BCUT2D eigenvalue weighted by molar-refractivity contribution is 6.16. The summed E-state index contributed by atoms with van der Waals surface area (Å²) < 4.78 is 16.9. The molecule has 0 fully saturated rings. The van der Waals surface area contributed by atoms with Crippen molar-refractivity contribution in [2.24, 2.45) is 0 Å². The molecule has 4 rings (SSSR count). The van der Waals surface area contributed by atoms with Crippen molar-refractivity contribution in [3.05, 3.63) is 65.0 Å². The Morgan fingerprint density at radius 2 is 1.94 bits per heavy atom. The number of aryl methyl sites for hydroxylation is 1. The number of ether oxygens (including phenoxy) is 1. The maximum Gasteiger partial charge on any atom is 0.290 e. The van der Waals surface area contributed by atoms with Gasteiger partial charge in [-0.3, -0.25) is 9.59 Å². The highest BCUT2D eigenvalue weighted by Gasteiger charge is 2.46. The summed E-state index contributed by atoms with van der Waals surface area (Å²) in [6, 6.07) is 9.58. The van der Waals surface area contributed by atoms with Crippen LogP contribution in [0.1, 0.15) is 42.0 Å². The zero-order chi connectivity index (χ0) is 23.7. The van der Waals surface area contributed by atoms with E-state index >= 15 is 0 Å². The number of hydrogen-bond acceptors (Lipinski definition) is 7. The first-order chi connectivity index (χ1) is 15.9. The van der Waals surface area contributed by atoms with Crippen LogP contribution < -0.4 is 4.74 Å². The summed E-state index contributed by atoms with van der Waals surface area (Å²) in [6.07, 6.45) is 0. The van der Waals surface area contributed by atoms with Crippen LogP contribution in [0.3, 0.4) is 0 Å². The second-order valence-electron chi connectivity index (χ2n) is 7.96. The van der Waals surface area contributed by atoms with E-state index in [0.29, 0.717) is 41.3 Å². The van der Waals surface area contributed by atoms with Crippen molar-refractivity contribution in [2.75, 3.05) is 33.3 Å². The number of likely N-dealkylation sites (N-methyl/N-ethyl adjacent to an activating group) is 1. The van der Waals surface area contributed by atoms with E-state index in [-0.39, 0.29) is 11.3 Å². The van der Waals surface area contributed by atoms with Crippen LogP contribution in [0.25, 0.3) is 11.0 Å². The van der Waals surface area contributed by atoms with Crippen LogP contribution in [0.4, 0.5) is 0 Å². The van der Waals surface area contributed by atoms with Crippen molar-refractivity contribution < 1.29 is 28.3 Å². The molecular weight excluding hydrogens is 424 g/mol. The van der Waals surface area contributed by atoms with Gasteiger partial charge in [0.25, 0.3) is 5.91 Å². The van der Waals surface area contributed by atoms with Crippen LogP contribution in [0.5, 0.6) is 5.75 Å².